The molecule has 0 spiro atoms. The Hall–Kier alpha value is -1.82. The number of amides is 1. The van der Waals surface area contributed by atoms with Gasteiger partial charge in [0.05, 0.1) is 12.5 Å². The van der Waals surface area contributed by atoms with Gasteiger partial charge in [-0.2, -0.15) is 5.26 Å². The zero-order valence-corrected chi connectivity index (χ0v) is 12.4. The second-order valence-electron chi connectivity index (χ2n) is 5.27. The quantitative estimate of drug-likeness (QED) is 0.831. The highest BCUT2D eigenvalue weighted by Crippen LogP contribution is 2.19. The fourth-order valence-corrected chi connectivity index (χ4v) is 2.43. The van der Waals surface area contributed by atoms with Gasteiger partial charge in [-0.3, -0.25) is 4.79 Å². The van der Waals surface area contributed by atoms with E-state index in [2.05, 4.69) is 6.07 Å². The summed E-state index contributed by atoms with van der Waals surface area (Å²) in [7, 11) is 0. The maximum absolute atomic E-state index is 12.7. The number of hydrogen-bond acceptors (Lipinski definition) is 2. The standard InChI is InChI=1S/C16H22N2O/c1-11(2)18(8-6-7-17)16(19)15-13(4)9-12(3)10-14(15)5/h9-11H,6,8H2,1-5H3. The van der Waals surface area contributed by atoms with Crippen LogP contribution in [0.25, 0.3) is 0 Å². The lowest BCUT2D eigenvalue weighted by Crippen LogP contribution is -2.38. The molecule has 0 aromatic heterocycles. The number of carbonyl (C=O) groups is 1. The van der Waals surface area contributed by atoms with Crippen molar-refractivity contribution in [2.45, 2.75) is 47.1 Å². The molecule has 1 rings (SSSR count). The number of aryl methyl sites for hydroxylation is 3. The lowest BCUT2D eigenvalue weighted by molar-refractivity contribution is 0.0709. The Morgan fingerprint density at radius 1 is 1.26 bits per heavy atom. The highest BCUT2D eigenvalue weighted by atomic mass is 16.2. The smallest absolute Gasteiger partial charge is 0.254 e. The predicted octanol–water partition coefficient (Wildman–Crippen LogP) is 3.38. The Morgan fingerprint density at radius 2 is 1.79 bits per heavy atom. The molecule has 19 heavy (non-hydrogen) atoms. The minimum Gasteiger partial charge on any atom is -0.335 e. The van der Waals surface area contributed by atoms with Crippen molar-refractivity contribution in [1.29, 1.82) is 5.26 Å². The monoisotopic (exact) mass is 258 g/mol. The van der Waals surface area contributed by atoms with Gasteiger partial charge >= 0.3 is 0 Å². The van der Waals surface area contributed by atoms with Crippen molar-refractivity contribution in [2.75, 3.05) is 6.54 Å². The van der Waals surface area contributed by atoms with E-state index in [1.165, 1.54) is 5.56 Å². The van der Waals surface area contributed by atoms with Crippen LogP contribution in [0.4, 0.5) is 0 Å². The topological polar surface area (TPSA) is 44.1 Å². The number of hydrogen-bond donors (Lipinski definition) is 0. The van der Waals surface area contributed by atoms with Crippen LogP contribution in [-0.4, -0.2) is 23.4 Å². The summed E-state index contributed by atoms with van der Waals surface area (Å²) in [4.78, 5) is 14.4. The summed E-state index contributed by atoms with van der Waals surface area (Å²) in [6.07, 6.45) is 0.369. The van der Waals surface area contributed by atoms with Crippen molar-refractivity contribution in [1.82, 2.24) is 4.90 Å². The van der Waals surface area contributed by atoms with E-state index in [0.717, 1.165) is 16.7 Å². The minimum absolute atomic E-state index is 0.0280. The lowest BCUT2D eigenvalue weighted by Gasteiger charge is -2.27. The zero-order valence-electron chi connectivity index (χ0n) is 12.4. The Morgan fingerprint density at radius 3 is 2.21 bits per heavy atom. The molecular formula is C16H22N2O. The highest BCUT2D eigenvalue weighted by molar-refractivity contribution is 5.97. The number of nitriles is 1. The second kappa shape index (κ2) is 6.38. The molecule has 0 saturated carbocycles. The van der Waals surface area contributed by atoms with E-state index in [9.17, 15) is 4.79 Å². The third-order valence-corrected chi connectivity index (χ3v) is 3.24. The molecule has 3 nitrogen and oxygen atoms in total. The van der Waals surface area contributed by atoms with Gasteiger partial charge in [0, 0.05) is 18.2 Å². The molecule has 0 aliphatic rings. The number of benzene rings is 1. The van der Waals surface area contributed by atoms with Gasteiger partial charge in [-0.05, 0) is 45.7 Å². The summed E-state index contributed by atoms with van der Waals surface area (Å²) in [6, 6.07) is 6.26. The Bertz CT molecular complexity index is 489. The van der Waals surface area contributed by atoms with Crippen LogP contribution in [0, 0.1) is 32.1 Å². The third-order valence-electron chi connectivity index (χ3n) is 3.24. The van der Waals surface area contributed by atoms with Crippen molar-refractivity contribution >= 4 is 5.91 Å². The van der Waals surface area contributed by atoms with Crippen molar-refractivity contribution in [3.05, 3.63) is 34.4 Å². The van der Waals surface area contributed by atoms with Crippen LogP contribution in [0.3, 0.4) is 0 Å². The summed E-state index contributed by atoms with van der Waals surface area (Å²) < 4.78 is 0. The van der Waals surface area contributed by atoms with Gasteiger partial charge in [0.2, 0.25) is 0 Å². The normalized spacial score (nSPS) is 10.4. The molecule has 0 fully saturated rings. The third kappa shape index (κ3) is 3.57. The Labute approximate surface area is 115 Å². The fraction of sp³-hybridized carbons (Fsp3) is 0.500. The van der Waals surface area contributed by atoms with Gasteiger partial charge in [0.15, 0.2) is 0 Å². The first-order chi connectivity index (χ1) is 8.88. The summed E-state index contributed by atoms with van der Waals surface area (Å²) in [6.45, 7) is 10.4. The van der Waals surface area contributed by atoms with Gasteiger partial charge in [0.25, 0.3) is 5.91 Å². The van der Waals surface area contributed by atoms with Crippen LogP contribution in [0.15, 0.2) is 12.1 Å². The van der Waals surface area contributed by atoms with E-state index in [4.69, 9.17) is 5.26 Å². The van der Waals surface area contributed by atoms with E-state index in [1.54, 1.807) is 4.90 Å². The van der Waals surface area contributed by atoms with E-state index < -0.39 is 0 Å². The average Bonchev–Trinajstić information content (AvgIpc) is 2.27. The molecule has 3 heteroatoms. The van der Waals surface area contributed by atoms with Crippen LogP contribution in [0.5, 0.6) is 0 Å². The fourth-order valence-electron chi connectivity index (χ4n) is 2.43. The summed E-state index contributed by atoms with van der Waals surface area (Å²) in [5, 5.41) is 8.71. The van der Waals surface area contributed by atoms with Gasteiger partial charge in [0.1, 0.15) is 0 Å². The molecule has 0 radical (unpaired) electrons. The molecule has 0 aliphatic carbocycles. The van der Waals surface area contributed by atoms with E-state index in [0.29, 0.717) is 13.0 Å². The molecule has 0 bridgehead atoms. The summed E-state index contributed by atoms with van der Waals surface area (Å²) >= 11 is 0. The molecular weight excluding hydrogens is 236 g/mol. The first-order valence-electron chi connectivity index (χ1n) is 6.64. The molecule has 0 unspecified atom stereocenters. The molecule has 0 N–H and O–H groups in total. The molecule has 102 valence electrons. The largest absolute Gasteiger partial charge is 0.335 e. The molecule has 0 aliphatic heterocycles. The van der Waals surface area contributed by atoms with Gasteiger partial charge in [-0.1, -0.05) is 17.7 Å². The molecule has 1 aromatic carbocycles. The van der Waals surface area contributed by atoms with Crippen LogP contribution >= 0.6 is 0 Å². The van der Waals surface area contributed by atoms with Gasteiger partial charge in [-0.15, -0.1) is 0 Å². The van der Waals surface area contributed by atoms with Crippen molar-refractivity contribution in [3.8, 4) is 6.07 Å². The van der Waals surface area contributed by atoms with Crippen molar-refractivity contribution in [3.63, 3.8) is 0 Å². The molecule has 0 saturated heterocycles. The van der Waals surface area contributed by atoms with Gasteiger partial charge < -0.3 is 4.90 Å². The maximum Gasteiger partial charge on any atom is 0.254 e. The number of carbonyl (C=O) groups excluding carboxylic acids is 1. The molecule has 1 amide bonds. The maximum atomic E-state index is 12.7. The van der Waals surface area contributed by atoms with E-state index >= 15 is 0 Å². The van der Waals surface area contributed by atoms with Crippen LogP contribution in [0.2, 0.25) is 0 Å². The van der Waals surface area contributed by atoms with Gasteiger partial charge in [-0.25, -0.2) is 0 Å². The first kappa shape index (κ1) is 15.2. The van der Waals surface area contributed by atoms with E-state index in [1.807, 2.05) is 46.8 Å². The Kier molecular flexibility index (Phi) is 5.11. The van der Waals surface area contributed by atoms with Crippen LogP contribution in [-0.2, 0) is 0 Å². The number of rotatable bonds is 4. The predicted molar refractivity (Wildman–Crippen MR) is 77.1 cm³/mol. The number of nitrogens with zero attached hydrogens (tertiary/aromatic N) is 2. The first-order valence-corrected chi connectivity index (χ1v) is 6.64. The minimum atomic E-state index is 0.0280. The second-order valence-corrected chi connectivity index (χ2v) is 5.27. The SMILES string of the molecule is Cc1cc(C)c(C(=O)N(CCC#N)C(C)C)c(C)c1. The van der Waals surface area contributed by atoms with Crippen molar-refractivity contribution < 1.29 is 4.79 Å². The lowest BCUT2D eigenvalue weighted by atomic mass is 9.98. The summed E-state index contributed by atoms with van der Waals surface area (Å²) in [5.74, 6) is 0.0280. The Balaban J connectivity index is 3.14. The zero-order chi connectivity index (χ0) is 14.6. The average molecular weight is 258 g/mol. The van der Waals surface area contributed by atoms with Crippen LogP contribution in [0.1, 0.15) is 47.3 Å². The van der Waals surface area contributed by atoms with E-state index in [-0.39, 0.29) is 11.9 Å². The van der Waals surface area contributed by atoms with Crippen molar-refractivity contribution in [2.24, 2.45) is 0 Å². The molecule has 1 aromatic rings. The summed E-state index contributed by atoms with van der Waals surface area (Å²) in [5.41, 5.74) is 3.95. The molecule has 0 heterocycles. The molecule has 0 atom stereocenters. The van der Waals surface area contributed by atoms with Crippen LogP contribution < -0.4 is 0 Å². The highest BCUT2D eigenvalue weighted by Gasteiger charge is 2.21.